The van der Waals surface area contributed by atoms with Crippen LogP contribution in [0.25, 0.3) is 10.9 Å². The largest absolute Gasteiger partial charge is 0.478 e. The number of aliphatic hydroxyl groups excluding tert-OH is 1. The van der Waals surface area contributed by atoms with E-state index in [0.29, 0.717) is 6.04 Å². The number of rotatable bonds is 2. The molecule has 1 aromatic carbocycles. The van der Waals surface area contributed by atoms with Crippen molar-refractivity contribution in [2.75, 3.05) is 0 Å². The number of nitrogens with zero attached hydrogens (tertiary/aromatic N) is 2. The molecule has 0 saturated heterocycles. The number of hydrogen-bond donors (Lipinski definition) is 2. The average Bonchev–Trinajstić information content (AvgIpc) is 2.82. The van der Waals surface area contributed by atoms with Gasteiger partial charge < -0.3 is 10.2 Å². The van der Waals surface area contributed by atoms with E-state index in [2.05, 4.69) is 5.10 Å². The van der Waals surface area contributed by atoms with Crippen molar-refractivity contribution >= 4 is 16.9 Å². The lowest BCUT2D eigenvalue weighted by Crippen LogP contribution is -2.21. The fraction of sp³-hybridized carbons (Fsp3) is 0.429. The van der Waals surface area contributed by atoms with Gasteiger partial charge in [-0.05, 0) is 43.9 Å². The zero-order chi connectivity index (χ0) is 13.4. The summed E-state index contributed by atoms with van der Waals surface area (Å²) >= 11 is 0. The Kier molecular flexibility index (Phi) is 2.98. The van der Waals surface area contributed by atoms with Crippen LogP contribution in [0, 0.1) is 0 Å². The zero-order valence-electron chi connectivity index (χ0n) is 10.5. The number of carboxylic acid groups (broad SMARTS) is 1. The van der Waals surface area contributed by atoms with Crippen LogP contribution in [0.1, 0.15) is 42.1 Å². The first kappa shape index (κ1) is 12.2. The van der Waals surface area contributed by atoms with Gasteiger partial charge in [-0.25, -0.2) is 4.79 Å². The molecule has 1 saturated carbocycles. The Hall–Kier alpha value is -1.88. The van der Waals surface area contributed by atoms with Gasteiger partial charge in [0.25, 0.3) is 0 Å². The summed E-state index contributed by atoms with van der Waals surface area (Å²) in [4.78, 5) is 10.9. The van der Waals surface area contributed by atoms with Crippen molar-refractivity contribution in [2.45, 2.75) is 37.8 Å². The maximum absolute atomic E-state index is 10.9. The smallest absolute Gasteiger partial charge is 0.335 e. The van der Waals surface area contributed by atoms with Crippen molar-refractivity contribution in [3.63, 3.8) is 0 Å². The molecule has 0 unspecified atom stereocenters. The van der Waals surface area contributed by atoms with Gasteiger partial charge in [0.1, 0.15) is 0 Å². The van der Waals surface area contributed by atoms with Crippen LogP contribution >= 0.6 is 0 Å². The third-order valence-electron chi connectivity index (χ3n) is 3.81. The first-order valence-corrected chi connectivity index (χ1v) is 6.54. The van der Waals surface area contributed by atoms with Gasteiger partial charge in [0.15, 0.2) is 0 Å². The molecule has 2 aromatic rings. The van der Waals surface area contributed by atoms with Gasteiger partial charge in [0.2, 0.25) is 0 Å². The van der Waals surface area contributed by atoms with Crippen molar-refractivity contribution in [1.29, 1.82) is 0 Å². The van der Waals surface area contributed by atoms with Crippen LogP contribution < -0.4 is 0 Å². The number of carbonyl (C=O) groups is 1. The topological polar surface area (TPSA) is 75.3 Å². The minimum absolute atomic E-state index is 0.181. The predicted molar refractivity (Wildman–Crippen MR) is 70.2 cm³/mol. The monoisotopic (exact) mass is 260 g/mol. The molecule has 1 aromatic heterocycles. The highest BCUT2D eigenvalue weighted by Crippen LogP contribution is 2.29. The van der Waals surface area contributed by atoms with E-state index >= 15 is 0 Å². The fourth-order valence-electron chi connectivity index (χ4n) is 2.69. The maximum atomic E-state index is 10.9. The Morgan fingerprint density at radius 1 is 1.26 bits per heavy atom. The fourth-order valence-corrected chi connectivity index (χ4v) is 2.69. The van der Waals surface area contributed by atoms with Gasteiger partial charge in [-0.1, -0.05) is 0 Å². The molecule has 100 valence electrons. The molecule has 0 atom stereocenters. The van der Waals surface area contributed by atoms with Crippen LogP contribution in [-0.2, 0) is 0 Å². The molecule has 19 heavy (non-hydrogen) atoms. The van der Waals surface area contributed by atoms with Crippen molar-refractivity contribution in [3.05, 3.63) is 30.0 Å². The van der Waals surface area contributed by atoms with Crippen LogP contribution in [-0.4, -0.2) is 32.1 Å². The van der Waals surface area contributed by atoms with Crippen molar-refractivity contribution in [3.8, 4) is 0 Å². The number of aromatic nitrogens is 2. The van der Waals surface area contributed by atoms with Crippen LogP contribution in [0.3, 0.4) is 0 Å². The van der Waals surface area contributed by atoms with Crippen LogP contribution in [0.2, 0.25) is 0 Å². The molecule has 5 nitrogen and oxygen atoms in total. The van der Waals surface area contributed by atoms with E-state index in [-0.39, 0.29) is 11.7 Å². The Morgan fingerprint density at radius 2 is 2.00 bits per heavy atom. The molecule has 0 amide bonds. The van der Waals surface area contributed by atoms with E-state index in [1.807, 2.05) is 10.9 Å². The maximum Gasteiger partial charge on any atom is 0.335 e. The van der Waals surface area contributed by atoms with E-state index in [1.54, 1.807) is 18.2 Å². The van der Waals surface area contributed by atoms with Gasteiger partial charge in [-0.3, -0.25) is 4.68 Å². The Balaban J connectivity index is 1.91. The molecule has 1 aliphatic carbocycles. The summed E-state index contributed by atoms with van der Waals surface area (Å²) in [5.41, 5.74) is 1.10. The lowest BCUT2D eigenvalue weighted by molar-refractivity contribution is 0.0697. The summed E-state index contributed by atoms with van der Waals surface area (Å²) in [6, 6.07) is 5.28. The van der Waals surface area contributed by atoms with E-state index < -0.39 is 5.97 Å². The summed E-state index contributed by atoms with van der Waals surface area (Å²) in [5, 5.41) is 23.8. The van der Waals surface area contributed by atoms with Gasteiger partial charge in [-0.2, -0.15) is 5.10 Å². The first-order valence-electron chi connectivity index (χ1n) is 6.54. The second-order valence-corrected chi connectivity index (χ2v) is 5.15. The molecule has 1 fully saturated rings. The summed E-state index contributed by atoms with van der Waals surface area (Å²) in [6.07, 6.45) is 5.17. The molecular formula is C14H16N2O3. The van der Waals surface area contributed by atoms with Crippen molar-refractivity contribution in [1.82, 2.24) is 9.78 Å². The molecule has 5 heteroatoms. The SMILES string of the molecule is O=C(O)c1ccc2nn(C3CCC(O)CC3)cc2c1. The molecule has 1 aliphatic rings. The third kappa shape index (κ3) is 2.33. The number of hydrogen-bond acceptors (Lipinski definition) is 3. The Morgan fingerprint density at radius 3 is 2.68 bits per heavy atom. The molecule has 3 rings (SSSR count). The average molecular weight is 260 g/mol. The predicted octanol–water partition coefficient (Wildman–Crippen LogP) is 2.21. The van der Waals surface area contributed by atoms with Gasteiger partial charge in [-0.15, -0.1) is 0 Å². The molecular weight excluding hydrogens is 244 g/mol. The molecule has 0 bridgehead atoms. The van der Waals surface area contributed by atoms with E-state index in [0.717, 1.165) is 36.6 Å². The molecule has 1 heterocycles. The normalized spacial score (nSPS) is 23.6. The van der Waals surface area contributed by atoms with Crippen LogP contribution in [0.15, 0.2) is 24.4 Å². The molecule has 0 radical (unpaired) electrons. The van der Waals surface area contributed by atoms with E-state index in [9.17, 15) is 9.90 Å². The van der Waals surface area contributed by atoms with Gasteiger partial charge in [0.05, 0.1) is 23.2 Å². The summed E-state index contributed by atoms with van der Waals surface area (Å²) < 4.78 is 1.92. The van der Waals surface area contributed by atoms with Crippen molar-refractivity contribution < 1.29 is 15.0 Å². The highest BCUT2D eigenvalue weighted by Gasteiger charge is 2.21. The first-order chi connectivity index (χ1) is 9.13. The quantitative estimate of drug-likeness (QED) is 0.868. The van der Waals surface area contributed by atoms with E-state index in [4.69, 9.17) is 5.11 Å². The highest BCUT2D eigenvalue weighted by atomic mass is 16.4. The standard InChI is InChI=1S/C14H16N2O3/c17-12-4-2-11(3-5-12)16-8-10-7-9(14(18)19)1-6-13(10)15-16/h1,6-8,11-12,17H,2-5H2,(H,18,19). The van der Waals surface area contributed by atoms with Crippen LogP contribution in [0.4, 0.5) is 0 Å². The molecule has 2 N–H and O–H groups in total. The molecule has 0 spiro atoms. The lowest BCUT2D eigenvalue weighted by atomic mass is 9.93. The number of carboxylic acids is 1. The number of fused-ring (bicyclic) bond motifs is 1. The zero-order valence-corrected chi connectivity index (χ0v) is 10.5. The lowest BCUT2D eigenvalue weighted by Gasteiger charge is -2.25. The summed E-state index contributed by atoms with van der Waals surface area (Å²) in [7, 11) is 0. The number of aliphatic hydroxyl groups is 1. The molecule has 0 aliphatic heterocycles. The minimum Gasteiger partial charge on any atom is -0.478 e. The van der Waals surface area contributed by atoms with Crippen molar-refractivity contribution in [2.24, 2.45) is 0 Å². The number of benzene rings is 1. The van der Waals surface area contributed by atoms with E-state index in [1.165, 1.54) is 0 Å². The van der Waals surface area contributed by atoms with Gasteiger partial charge in [0, 0.05) is 11.6 Å². The van der Waals surface area contributed by atoms with Gasteiger partial charge >= 0.3 is 5.97 Å². The highest BCUT2D eigenvalue weighted by molar-refractivity contribution is 5.93. The second-order valence-electron chi connectivity index (χ2n) is 5.15. The Bertz CT molecular complexity index is 612. The van der Waals surface area contributed by atoms with Crippen LogP contribution in [0.5, 0.6) is 0 Å². The summed E-state index contributed by atoms with van der Waals surface area (Å²) in [6.45, 7) is 0. The summed E-state index contributed by atoms with van der Waals surface area (Å²) in [5.74, 6) is -0.921. The third-order valence-corrected chi connectivity index (χ3v) is 3.81. The number of aromatic carboxylic acids is 1. The second kappa shape index (κ2) is 4.66. The Labute approximate surface area is 110 Å². The minimum atomic E-state index is -0.921.